The fourth-order valence-corrected chi connectivity index (χ4v) is 3.10. The van der Waals surface area contributed by atoms with Crippen molar-refractivity contribution in [3.63, 3.8) is 0 Å². The van der Waals surface area contributed by atoms with Crippen molar-refractivity contribution < 1.29 is 8.42 Å². The van der Waals surface area contributed by atoms with Gasteiger partial charge >= 0.3 is 0 Å². The van der Waals surface area contributed by atoms with Crippen molar-refractivity contribution in [1.82, 2.24) is 0 Å². The first-order valence-corrected chi connectivity index (χ1v) is 6.77. The van der Waals surface area contributed by atoms with E-state index < -0.39 is 9.84 Å². The SMILES string of the molecule is C=C/C=C(\C(C)C=C)S(=O)(=O)c1ccccc1. The number of allylic oxidation sites excluding steroid dienone is 4. The lowest BCUT2D eigenvalue weighted by Gasteiger charge is -2.12. The van der Waals surface area contributed by atoms with Crippen LogP contribution in [0, 0.1) is 5.92 Å². The molecule has 1 aromatic rings. The number of benzene rings is 1. The predicted octanol–water partition coefficient (Wildman–Crippen LogP) is 3.35. The lowest BCUT2D eigenvalue weighted by molar-refractivity contribution is 0.597. The van der Waals surface area contributed by atoms with E-state index in [-0.39, 0.29) is 5.92 Å². The van der Waals surface area contributed by atoms with E-state index in [1.54, 1.807) is 43.3 Å². The molecule has 1 atom stereocenters. The molecule has 0 radical (unpaired) electrons. The van der Waals surface area contributed by atoms with Crippen LogP contribution in [0.2, 0.25) is 0 Å². The van der Waals surface area contributed by atoms with E-state index in [1.807, 2.05) is 0 Å². The fourth-order valence-electron chi connectivity index (χ4n) is 1.45. The third-order valence-electron chi connectivity index (χ3n) is 2.45. The number of rotatable bonds is 5. The molecule has 0 aliphatic rings. The average molecular weight is 248 g/mol. The Bertz CT molecular complexity index is 525. The molecule has 3 heteroatoms. The molecule has 0 aliphatic carbocycles. The number of hydrogen-bond acceptors (Lipinski definition) is 2. The second-order valence-corrected chi connectivity index (χ2v) is 5.60. The summed E-state index contributed by atoms with van der Waals surface area (Å²) in [6, 6.07) is 8.37. The fraction of sp³-hybridized carbons (Fsp3) is 0.143. The Morgan fingerprint density at radius 2 is 1.82 bits per heavy atom. The molecule has 17 heavy (non-hydrogen) atoms. The zero-order valence-electron chi connectivity index (χ0n) is 9.84. The maximum atomic E-state index is 12.4. The van der Waals surface area contributed by atoms with Crippen LogP contribution < -0.4 is 0 Å². The second kappa shape index (κ2) is 5.64. The first kappa shape index (κ1) is 13.5. The summed E-state index contributed by atoms with van der Waals surface area (Å²) in [6.07, 6.45) is 4.61. The summed E-state index contributed by atoms with van der Waals surface area (Å²) in [5.41, 5.74) is 0. The molecule has 0 fully saturated rings. The van der Waals surface area contributed by atoms with Gasteiger partial charge in [0, 0.05) is 5.92 Å². The summed E-state index contributed by atoms with van der Waals surface area (Å²) in [5, 5.41) is 0. The zero-order chi connectivity index (χ0) is 12.9. The van der Waals surface area contributed by atoms with Crippen LogP contribution >= 0.6 is 0 Å². The molecule has 0 saturated heterocycles. The molecule has 0 N–H and O–H groups in total. The third-order valence-corrected chi connectivity index (χ3v) is 4.47. The van der Waals surface area contributed by atoms with Crippen LogP contribution in [0.15, 0.2) is 71.5 Å². The molecule has 0 heterocycles. The van der Waals surface area contributed by atoms with E-state index in [4.69, 9.17) is 0 Å². The quantitative estimate of drug-likeness (QED) is 0.591. The van der Waals surface area contributed by atoms with Gasteiger partial charge in [0.15, 0.2) is 0 Å². The minimum absolute atomic E-state index is 0.238. The van der Waals surface area contributed by atoms with E-state index in [1.165, 1.54) is 12.2 Å². The Kier molecular flexibility index (Phi) is 4.46. The summed E-state index contributed by atoms with van der Waals surface area (Å²) >= 11 is 0. The molecule has 90 valence electrons. The predicted molar refractivity (Wildman–Crippen MR) is 71.3 cm³/mol. The maximum Gasteiger partial charge on any atom is 0.203 e. The van der Waals surface area contributed by atoms with Crippen molar-refractivity contribution >= 4 is 9.84 Å². The van der Waals surface area contributed by atoms with Gasteiger partial charge in [-0.3, -0.25) is 0 Å². The molecular formula is C14H16O2S. The van der Waals surface area contributed by atoms with Gasteiger partial charge in [0.2, 0.25) is 9.84 Å². The van der Waals surface area contributed by atoms with Crippen molar-refractivity contribution in [3.8, 4) is 0 Å². The third kappa shape index (κ3) is 2.94. The van der Waals surface area contributed by atoms with E-state index >= 15 is 0 Å². The van der Waals surface area contributed by atoms with E-state index in [9.17, 15) is 8.42 Å². The standard InChI is InChI=1S/C14H16O2S/c1-4-9-14(12(3)5-2)17(15,16)13-10-7-6-8-11-13/h4-12H,1-2H2,3H3/b14-9+. The van der Waals surface area contributed by atoms with Crippen molar-refractivity contribution in [2.24, 2.45) is 5.92 Å². The molecule has 2 nitrogen and oxygen atoms in total. The smallest absolute Gasteiger partial charge is 0.203 e. The molecule has 0 aromatic heterocycles. The average Bonchev–Trinajstić information content (AvgIpc) is 2.36. The second-order valence-electron chi connectivity index (χ2n) is 3.65. The van der Waals surface area contributed by atoms with Crippen LogP contribution in [0.25, 0.3) is 0 Å². The minimum atomic E-state index is -3.46. The van der Waals surface area contributed by atoms with Gasteiger partial charge in [-0.15, -0.1) is 6.58 Å². The summed E-state index contributed by atoms with van der Waals surface area (Å²) in [4.78, 5) is 0.607. The Labute approximate surface area is 103 Å². The van der Waals surface area contributed by atoms with Gasteiger partial charge in [0.05, 0.1) is 9.80 Å². The molecule has 1 unspecified atom stereocenters. The summed E-state index contributed by atoms with van der Waals surface area (Å²) in [7, 11) is -3.46. The molecule has 0 spiro atoms. The Morgan fingerprint density at radius 3 is 2.29 bits per heavy atom. The maximum absolute atomic E-state index is 12.4. The highest BCUT2D eigenvalue weighted by atomic mass is 32.2. The molecular weight excluding hydrogens is 232 g/mol. The van der Waals surface area contributed by atoms with Crippen LogP contribution in [-0.2, 0) is 9.84 Å². The van der Waals surface area contributed by atoms with Gasteiger partial charge < -0.3 is 0 Å². The Morgan fingerprint density at radius 1 is 1.24 bits per heavy atom. The van der Waals surface area contributed by atoms with Gasteiger partial charge in [-0.2, -0.15) is 0 Å². The van der Waals surface area contributed by atoms with E-state index in [0.717, 1.165) is 0 Å². The highest BCUT2D eigenvalue weighted by molar-refractivity contribution is 7.95. The van der Waals surface area contributed by atoms with Gasteiger partial charge in [-0.25, -0.2) is 8.42 Å². The normalized spacial score (nSPS) is 14.1. The molecule has 0 saturated carbocycles. The van der Waals surface area contributed by atoms with Gasteiger partial charge in [0.1, 0.15) is 0 Å². The van der Waals surface area contributed by atoms with E-state index in [2.05, 4.69) is 13.2 Å². The highest BCUT2D eigenvalue weighted by Crippen LogP contribution is 2.25. The first-order valence-electron chi connectivity index (χ1n) is 5.29. The Hall–Kier alpha value is -1.61. The van der Waals surface area contributed by atoms with Crippen molar-refractivity contribution in [3.05, 3.63) is 66.6 Å². The van der Waals surface area contributed by atoms with Crippen LogP contribution in [0.5, 0.6) is 0 Å². The summed E-state index contributed by atoms with van der Waals surface area (Å²) in [5.74, 6) is -0.238. The molecule has 1 aromatic carbocycles. The Balaban J connectivity index is 3.34. The van der Waals surface area contributed by atoms with Crippen molar-refractivity contribution in [2.75, 3.05) is 0 Å². The van der Waals surface area contributed by atoms with Crippen LogP contribution in [0.3, 0.4) is 0 Å². The number of sulfone groups is 1. The molecule has 0 aliphatic heterocycles. The molecule has 0 bridgehead atoms. The first-order chi connectivity index (χ1) is 8.04. The van der Waals surface area contributed by atoms with Crippen LogP contribution in [0.4, 0.5) is 0 Å². The van der Waals surface area contributed by atoms with E-state index in [0.29, 0.717) is 9.80 Å². The molecule has 0 amide bonds. The number of hydrogen-bond donors (Lipinski definition) is 0. The van der Waals surface area contributed by atoms with Crippen LogP contribution in [0.1, 0.15) is 6.92 Å². The van der Waals surface area contributed by atoms with Gasteiger partial charge in [0.25, 0.3) is 0 Å². The highest BCUT2D eigenvalue weighted by Gasteiger charge is 2.22. The van der Waals surface area contributed by atoms with Crippen molar-refractivity contribution in [2.45, 2.75) is 11.8 Å². The van der Waals surface area contributed by atoms with Crippen LogP contribution in [-0.4, -0.2) is 8.42 Å². The molecule has 1 rings (SSSR count). The van der Waals surface area contributed by atoms with Crippen molar-refractivity contribution in [1.29, 1.82) is 0 Å². The summed E-state index contributed by atoms with van der Waals surface area (Å²) in [6.45, 7) is 8.98. The topological polar surface area (TPSA) is 34.1 Å². The van der Waals surface area contributed by atoms with Gasteiger partial charge in [-0.05, 0) is 18.2 Å². The van der Waals surface area contributed by atoms with Gasteiger partial charge in [-0.1, -0.05) is 43.9 Å². The minimum Gasteiger partial charge on any atom is -0.219 e. The zero-order valence-corrected chi connectivity index (χ0v) is 10.7. The monoisotopic (exact) mass is 248 g/mol. The summed E-state index contributed by atoms with van der Waals surface area (Å²) < 4.78 is 24.7. The lowest BCUT2D eigenvalue weighted by atomic mass is 10.1. The largest absolute Gasteiger partial charge is 0.219 e. The lowest BCUT2D eigenvalue weighted by Crippen LogP contribution is -2.10.